The van der Waals surface area contributed by atoms with Crippen LogP contribution in [0, 0.1) is 0 Å². The number of hydrogen-bond donors (Lipinski definition) is 1. The zero-order chi connectivity index (χ0) is 7.56. The van der Waals surface area contributed by atoms with Gasteiger partial charge in [-0.15, -0.1) is 0 Å². The molecule has 0 saturated carbocycles. The second-order valence-corrected chi connectivity index (χ2v) is 3.54. The lowest BCUT2D eigenvalue weighted by molar-refractivity contribution is -0.132. The smallest absolute Gasteiger partial charge is 0.332 e. The Hall–Kier alpha value is -0.640. The number of carbonyl (C=O) groups is 1. The van der Waals surface area contributed by atoms with Crippen molar-refractivity contribution in [3.05, 3.63) is 11.0 Å². The molecule has 0 aliphatic carbocycles. The van der Waals surface area contributed by atoms with Crippen LogP contribution in [0.25, 0.3) is 0 Å². The summed E-state index contributed by atoms with van der Waals surface area (Å²) < 4.78 is 10.7. The van der Waals surface area contributed by atoms with Crippen LogP contribution in [0.1, 0.15) is 12.8 Å². The van der Waals surface area contributed by atoms with Gasteiger partial charge in [0.1, 0.15) is 0 Å². The van der Waals surface area contributed by atoms with Gasteiger partial charge < -0.3 is 5.11 Å². The van der Waals surface area contributed by atoms with Crippen LogP contribution in [0.5, 0.6) is 0 Å². The van der Waals surface area contributed by atoms with Gasteiger partial charge in [-0.2, -0.15) is 0 Å². The molecule has 10 heavy (non-hydrogen) atoms. The van der Waals surface area contributed by atoms with Crippen molar-refractivity contribution < 1.29 is 14.1 Å². The van der Waals surface area contributed by atoms with Crippen molar-refractivity contribution >= 4 is 16.8 Å². The van der Waals surface area contributed by atoms with Gasteiger partial charge in [0.05, 0.1) is 0 Å². The summed E-state index contributed by atoms with van der Waals surface area (Å²) >= 11 is 0. The van der Waals surface area contributed by atoms with Gasteiger partial charge in [0.25, 0.3) is 0 Å². The SMILES string of the molecule is O=C(O)C1=CS(=O)CCC1. The molecule has 1 atom stereocenters. The Labute approximate surface area is 61.2 Å². The monoisotopic (exact) mass is 160 g/mol. The van der Waals surface area contributed by atoms with E-state index in [-0.39, 0.29) is 0 Å². The maximum Gasteiger partial charge on any atom is 0.332 e. The van der Waals surface area contributed by atoms with Gasteiger partial charge in [0, 0.05) is 27.5 Å². The van der Waals surface area contributed by atoms with Crippen molar-refractivity contribution in [3.63, 3.8) is 0 Å². The Kier molecular flexibility index (Phi) is 2.21. The average molecular weight is 160 g/mol. The van der Waals surface area contributed by atoms with E-state index in [1.54, 1.807) is 0 Å². The highest BCUT2D eigenvalue weighted by molar-refractivity contribution is 7.88. The summed E-state index contributed by atoms with van der Waals surface area (Å²) in [6, 6.07) is 0. The second kappa shape index (κ2) is 2.96. The molecule has 0 aromatic rings. The highest BCUT2D eigenvalue weighted by atomic mass is 32.2. The zero-order valence-corrected chi connectivity index (χ0v) is 6.19. The highest BCUT2D eigenvalue weighted by Gasteiger charge is 2.13. The predicted molar refractivity (Wildman–Crippen MR) is 38.0 cm³/mol. The number of rotatable bonds is 1. The molecule has 0 bridgehead atoms. The molecule has 0 radical (unpaired) electrons. The Morgan fingerprint density at radius 3 is 2.80 bits per heavy atom. The summed E-state index contributed by atoms with van der Waals surface area (Å²) in [7, 11) is -1.03. The molecular weight excluding hydrogens is 152 g/mol. The lowest BCUT2D eigenvalue weighted by atomic mass is 10.2. The van der Waals surface area contributed by atoms with Crippen LogP contribution >= 0.6 is 0 Å². The summed E-state index contributed by atoms with van der Waals surface area (Å²) in [6.07, 6.45) is 1.28. The first-order valence-corrected chi connectivity index (χ1v) is 4.39. The van der Waals surface area contributed by atoms with E-state index < -0.39 is 16.8 Å². The van der Waals surface area contributed by atoms with E-state index in [1.165, 1.54) is 5.41 Å². The molecule has 0 aromatic carbocycles. The van der Waals surface area contributed by atoms with Crippen LogP contribution in [0.2, 0.25) is 0 Å². The average Bonchev–Trinajstić information content (AvgIpc) is 1.88. The third kappa shape index (κ3) is 1.67. The van der Waals surface area contributed by atoms with Crippen molar-refractivity contribution in [2.24, 2.45) is 0 Å². The van der Waals surface area contributed by atoms with Crippen molar-refractivity contribution in [3.8, 4) is 0 Å². The fourth-order valence-corrected chi connectivity index (χ4v) is 1.92. The van der Waals surface area contributed by atoms with E-state index in [0.29, 0.717) is 17.7 Å². The van der Waals surface area contributed by atoms with Gasteiger partial charge in [-0.3, -0.25) is 4.21 Å². The van der Waals surface area contributed by atoms with Crippen molar-refractivity contribution in [2.75, 3.05) is 5.75 Å². The lowest BCUT2D eigenvalue weighted by Crippen LogP contribution is -2.09. The van der Waals surface area contributed by atoms with E-state index in [2.05, 4.69) is 0 Å². The molecule has 1 rings (SSSR count). The largest absolute Gasteiger partial charge is 0.478 e. The summed E-state index contributed by atoms with van der Waals surface area (Å²) in [5.74, 6) is -0.329. The first-order valence-electron chi connectivity index (χ1n) is 3.01. The number of carboxylic acid groups (broad SMARTS) is 1. The summed E-state index contributed by atoms with van der Waals surface area (Å²) in [5, 5.41) is 9.79. The summed E-state index contributed by atoms with van der Waals surface area (Å²) in [5.41, 5.74) is 0.296. The van der Waals surface area contributed by atoms with Gasteiger partial charge >= 0.3 is 5.97 Å². The highest BCUT2D eigenvalue weighted by Crippen LogP contribution is 2.13. The molecule has 0 spiro atoms. The quantitative estimate of drug-likeness (QED) is 0.607. The van der Waals surface area contributed by atoms with Gasteiger partial charge in [0.2, 0.25) is 0 Å². The normalized spacial score (nSPS) is 25.6. The van der Waals surface area contributed by atoms with Crippen LogP contribution < -0.4 is 0 Å². The molecule has 1 unspecified atom stereocenters. The van der Waals surface area contributed by atoms with Crippen LogP contribution in [0.15, 0.2) is 11.0 Å². The molecular formula is C6H8O3S. The molecule has 0 amide bonds. The maximum atomic E-state index is 10.7. The maximum absolute atomic E-state index is 10.7. The minimum absolute atomic E-state index is 0.296. The van der Waals surface area contributed by atoms with Gasteiger partial charge in [0.15, 0.2) is 0 Å². The topological polar surface area (TPSA) is 54.4 Å². The molecule has 4 heteroatoms. The first-order chi connectivity index (χ1) is 4.70. The minimum Gasteiger partial charge on any atom is -0.478 e. The van der Waals surface area contributed by atoms with E-state index in [4.69, 9.17) is 5.11 Å². The van der Waals surface area contributed by atoms with Gasteiger partial charge in [-0.05, 0) is 12.8 Å². The zero-order valence-electron chi connectivity index (χ0n) is 5.37. The minimum atomic E-state index is -1.03. The number of hydrogen-bond acceptors (Lipinski definition) is 2. The fourth-order valence-electron chi connectivity index (χ4n) is 0.839. The second-order valence-electron chi connectivity index (χ2n) is 2.14. The lowest BCUT2D eigenvalue weighted by Gasteiger charge is -2.06. The third-order valence-electron chi connectivity index (χ3n) is 1.34. The van der Waals surface area contributed by atoms with Crippen molar-refractivity contribution in [1.82, 2.24) is 0 Å². The molecule has 0 saturated heterocycles. The Morgan fingerprint density at radius 2 is 2.40 bits per heavy atom. The number of carboxylic acids is 1. The molecule has 1 N–H and O–H groups in total. The molecule has 1 aliphatic rings. The molecule has 1 aliphatic heterocycles. The van der Waals surface area contributed by atoms with Crippen LogP contribution in [0.4, 0.5) is 0 Å². The Morgan fingerprint density at radius 1 is 1.70 bits per heavy atom. The predicted octanol–water partition coefficient (Wildman–Crippen LogP) is 0.497. The molecule has 56 valence electrons. The van der Waals surface area contributed by atoms with Crippen molar-refractivity contribution in [2.45, 2.75) is 12.8 Å². The van der Waals surface area contributed by atoms with Gasteiger partial charge in [-0.25, -0.2) is 4.79 Å². The van der Waals surface area contributed by atoms with Crippen LogP contribution in [0.3, 0.4) is 0 Å². The van der Waals surface area contributed by atoms with Crippen molar-refractivity contribution in [1.29, 1.82) is 0 Å². The Bertz CT molecular complexity index is 207. The molecule has 1 heterocycles. The van der Waals surface area contributed by atoms with Crippen LogP contribution in [-0.2, 0) is 15.6 Å². The van der Waals surface area contributed by atoms with Gasteiger partial charge in [-0.1, -0.05) is 0 Å². The van der Waals surface area contributed by atoms with E-state index in [0.717, 1.165) is 6.42 Å². The Balaban J connectivity index is 2.75. The summed E-state index contributed by atoms with van der Waals surface area (Å²) in [4.78, 5) is 10.3. The van der Waals surface area contributed by atoms with Crippen LogP contribution in [-0.4, -0.2) is 21.0 Å². The van der Waals surface area contributed by atoms with E-state index in [9.17, 15) is 9.00 Å². The number of aliphatic carboxylic acids is 1. The third-order valence-corrected chi connectivity index (χ3v) is 2.58. The first kappa shape index (κ1) is 7.47. The molecule has 0 aromatic heterocycles. The molecule has 0 fully saturated rings. The molecule has 3 nitrogen and oxygen atoms in total. The van der Waals surface area contributed by atoms with E-state index >= 15 is 0 Å². The standard InChI is InChI=1S/C6H8O3S/c7-6(8)5-2-1-3-10(9)4-5/h4H,1-3H2,(H,7,8). The summed E-state index contributed by atoms with van der Waals surface area (Å²) in [6.45, 7) is 0. The van der Waals surface area contributed by atoms with E-state index in [1.807, 2.05) is 0 Å². The fraction of sp³-hybridized carbons (Fsp3) is 0.500.